The van der Waals surface area contributed by atoms with E-state index in [1.807, 2.05) is 0 Å². The van der Waals surface area contributed by atoms with E-state index in [0.717, 1.165) is 12.3 Å². The van der Waals surface area contributed by atoms with E-state index in [0.29, 0.717) is 25.6 Å². The number of imidazole rings is 1. The third-order valence-corrected chi connectivity index (χ3v) is 6.58. The van der Waals surface area contributed by atoms with Crippen molar-refractivity contribution >= 4 is 10.0 Å². The van der Waals surface area contributed by atoms with Crippen LogP contribution in [0.4, 0.5) is 0 Å². The number of hydrogen-bond acceptors (Lipinski definition) is 4. The predicted octanol–water partition coefficient (Wildman–Crippen LogP) is 1.80. The van der Waals surface area contributed by atoms with Gasteiger partial charge in [-0.25, -0.2) is 13.4 Å². The summed E-state index contributed by atoms with van der Waals surface area (Å²) in [6.45, 7) is 3.92. The molecule has 1 aromatic heterocycles. The average Bonchev–Trinajstić information content (AvgIpc) is 3.17. The van der Waals surface area contributed by atoms with E-state index in [9.17, 15) is 8.42 Å². The lowest BCUT2D eigenvalue weighted by Gasteiger charge is -2.33. The Morgan fingerprint density at radius 2 is 2.09 bits per heavy atom. The molecule has 2 heterocycles. The second kappa shape index (κ2) is 6.68. The topological polar surface area (TPSA) is 64.4 Å². The fourth-order valence-corrected chi connectivity index (χ4v) is 4.52. The van der Waals surface area contributed by atoms with Gasteiger partial charge in [-0.1, -0.05) is 12.8 Å². The molecule has 1 aromatic rings. The van der Waals surface area contributed by atoms with E-state index in [4.69, 9.17) is 4.74 Å². The van der Waals surface area contributed by atoms with Gasteiger partial charge >= 0.3 is 0 Å². The van der Waals surface area contributed by atoms with Crippen molar-refractivity contribution in [1.82, 2.24) is 13.9 Å². The molecular weight excluding hydrogens is 302 g/mol. The van der Waals surface area contributed by atoms with Crippen LogP contribution in [0.2, 0.25) is 0 Å². The lowest BCUT2D eigenvalue weighted by Crippen LogP contribution is -2.42. The van der Waals surface area contributed by atoms with Gasteiger partial charge in [0, 0.05) is 19.3 Å². The minimum atomic E-state index is -3.18. The van der Waals surface area contributed by atoms with Gasteiger partial charge in [0.1, 0.15) is 0 Å². The smallest absolute Gasteiger partial charge is 0.214 e. The fourth-order valence-electron chi connectivity index (χ4n) is 3.43. The summed E-state index contributed by atoms with van der Waals surface area (Å²) in [4.78, 5) is 4.17. The summed E-state index contributed by atoms with van der Waals surface area (Å²) >= 11 is 0. The molecule has 1 atom stereocenters. The van der Waals surface area contributed by atoms with Gasteiger partial charge < -0.3 is 9.30 Å². The summed E-state index contributed by atoms with van der Waals surface area (Å²) < 4.78 is 33.9. The molecule has 0 aromatic carbocycles. The molecule has 1 fully saturated rings. The molecule has 1 aliphatic heterocycles. The molecule has 1 saturated carbocycles. The standard InChI is InChI=1S/C15H25N3O3S/c1-2-22(19,20)17-8-14-7-16-12-18(14)15(9-17)11-21-10-13-5-3-4-6-13/h7,12-13,15H,2-6,8-11H2,1H3. The predicted molar refractivity (Wildman–Crippen MR) is 83.9 cm³/mol. The molecule has 3 rings (SSSR count). The molecule has 1 aliphatic carbocycles. The molecule has 2 aliphatic rings. The van der Waals surface area contributed by atoms with E-state index >= 15 is 0 Å². The average molecular weight is 327 g/mol. The summed E-state index contributed by atoms with van der Waals surface area (Å²) in [5, 5.41) is 0. The van der Waals surface area contributed by atoms with Crippen molar-refractivity contribution < 1.29 is 13.2 Å². The molecule has 22 heavy (non-hydrogen) atoms. The van der Waals surface area contributed by atoms with Crippen LogP contribution < -0.4 is 0 Å². The highest BCUT2D eigenvalue weighted by molar-refractivity contribution is 7.89. The van der Waals surface area contributed by atoms with Gasteiger partial charge in [0.05, 0.1) is 37.0 Å². The molecule has 0 saturated heterocycles. The Hall–Kier alpha value is -0.920. The van der Waals surface area contributed by atoms with Crippen LogP contribution in [0.15, 0.2) is 12.5 Å². The van der Waals surface area contributed by atoms with Crippen LogP contribution in [0.3, 0.4) is 0 Å². The van der Waals surface area contributed by atoms with Crippen molar-refractivity contribution in [2.45, 2.75) is 45.2 Å². The maximum absolute atomic E-state index is 12.2. The quantitative estimate of drug-likeness (QED) is 0.799. The second-order valence-corrected chi connectivity index (χ2v) is 8.58. The number of nitrogens with zero attached hydrogens (tertiary/aromatic N) is 3. The van der Waals surface area contributed by atoms with Crippen LogP contribution >= 0.6 is 0 Å². The first-order valence-corrected chi connectivity index (χ1v) is 9.77. The van der Waals surface area contributed by atoms with E-state index in [-0.39, 0.29) is 11.8 Å². The number of fused-ring (bicyclic) bond motifs is 1. The third kappa shape index (κ3) is 3.36. The Labute approximate surface area is 132 Å². The van der Waals surface area contributed by atoms with Gasteiger partial charge in [0.15, 0.2) is 0 Å². The third-order valence-electron chi connectivity index (χ3n) is 4.79. The Balaban J connectivity index is 1.64. The molecule has 0 N–H and O–H groups in total. The van der Waals surface area contributed by atoms with Crippen LogP contribution in [0.25, 0.3) is 0 Å². The molecule has 7 heteroatoms. The molecule has 6 nitrogen and oxygen atoms in total. The number of ether oxygens (including phenoxy) is 1. The number of sulfonamides is 1. The van der Waals surface area contributed by atoms with Gasteiger partial charge in [-0.15, -0.1) is 0 Å². The van der Waals surface area contributed by atoms with Crippen LogP contribution in [-0.4, -0.2) is 47.8 Å². The minimum Gasteiger partial charge on any atom is -0.379 e. The first kappa shape index (κ1) is 16.0. The fraction of sp³-hybridized carbons (Fsp3) is 0.800. The lowest BCUT2D eigenvalue weighted by molar-refractivity contribution is 0.0634. The largest absolute Gasteiger partial charge is 0.379 e. The van der Waals surface area contributed by atoms with E-state index in [2.05, 4.69) is 9.55 Å². The Bertz CT molecular complexity index is 593. The highest BCUT2D eigenvalue weighted by Crippen LogP contribution is 2.27. The van der Waals surface area contributed by atoms with E-state index < -0.39 is 10.0 Å². The van der Waals surface area contributed by atoms with Gasteiger partial charge in [-0.05, 0) is 25.7 Å². The molecule has 124 valence electrons. The first-order valence-electron chi connectivity index (χ1n) is 8.16. The van der Waals surface area contributed by atoms with E-state index in [1.165, 1.54) is 25.7 Å². The number of rotatable bonds is 6. The van der Waals surface area contributed by atoms with Crippen molar-refractivity contribution in [1.29, 1.82) is 0 Å². The van der Waals surface area contributed by atoms with Crippen molar-refractivity contribution in [3.63, 3.8) is 0 Å². The summed E-state index contributed by atoms with van der Waals surface area (Å²) in [7, 11) is -3.18. The second-order valence-electron chi connectivity index (χ2n) is 6.33. The molecular formula is C15H25N3O3S. The normalized spacial score (nSPS) is 23.8. The zero-order valence-electron chi connectivity index (χ0n) is 13.1. The summed E-state index contributed by atoms with van der Waals surface area (Å²) in [6.07, 6.45) is 8.68. The SMILES string of the molecule is CCS(=O)(=O)N1Cc2cncn2C(COCC2CCCC2)C1. The summed E-state index contributed by atoms with van der Waals surface area (Å²) in [6, 6.07) is 0.0222. The monoisotopic (exact) mass is 327 g/mol. The Morgan fingerprint density at radius 3 is 2.82 bits per heavy atom. The van der Waals surface area contributed by atoms with Crippen molar-refractivity contribution in [2.24, 2.45) is 5.92 Å². The van der Waals surface area contributed by atoms with Crippen LogP contribution in [0, 0.1) is 5.92 Å². The Kier molecular flexibility index (Phi) is 4.84. The van der Waals surface area contributed by atoms with E-state index in [1.54, 1.807) is 23.8 Å². The van der Waals surface area contributed by atoms with Crippen molar-refractivity contribution in [3.8, 4) is 0 Å². The van der Waals surface area contributed by atoms with Crippen molar-refractivity contribution in [3.05, 3.63) is 18.2 Å². The van der Waals surface area contributed by atoms with Crippen LogP contribution in [0.5, 0.6) is 0 Å². The molecule has 0 radical (unpaired) electrons. The maximum Gasteiger partial charge on any atom is 0.214 e. The maximum atomic E-state index is 12.2. The van der Waals surface area contributed by atoms with Gasteiger partial charge in [-0.3, -0.25) is 0 Å². The first-order chi connectivity index (χ1) is 10.6. The minimum absolute atomic E-state index is 0.0222. The highest BCUT2D eigenvalue weighted by Gasteiger charge is 2.31. The summed E-state index contributed by atoms with van der Waals surface area (Å²) in [5.41, 5.74) is 0.942. The zero-order chi connectivity index (χ0) is 15.6. The van der Waals surface area contributed by atoms with Crippen molar-refractivity contribution in [2.75, 3.05) is 25.5 Å². The zero-order valence-corrected chi connectivity index (χ0v) is 14.0. The molecule has 0 spiro atoms. The molecule has 0 bridgehead atoms. The van der Waals surface area contributed by atoms with Crippen LogP contribution in [0.1, 0.15) is 44.3 Å². The van der Waals surface area contributed by atoms with Gasteiger partial charge in [0.2, 0.25) is 10.0 Å². The molecule has 1 unspecified atom stereocenters. The lowest BCUT2D eigenvalue weighted by atomic mass is 10.1. The summed E-state index contributed by atoms with van der Waals surface area (Å²) in [5.74, 6) is 0.817. The number of aromatic nitrogens is 2. The Morgan fingerprint density at radius 1 is 1.32 bits per heavy atom. The van der Waals surface area contributed by atoms with Gasteiger partial charge in [-0.2, -0.15) is 4.31 Å². The molecule has 0 amide bonds. The van der Waals surface area contributed by atoms with Gasteiger partial charge in [0.25, 0.3) is 0 Å². The highest BCUT2D eigenvalue weighted by atomic mass is 32.2. The number of hydrogen-bond donors (Lipinski definition) is 0. The van der Waals surface area contributed by atoms with Crippen LogP contribution in [-0.2, 0) is 21.3 Å².